The highest BCUT2D eigenvalue weighted by molar-refractivity contribution is 7.14. The molecule has 1 aliphatic carbocycles. The van der Waals surface area contributed by atoms with Gasteiger partial charge in [0.05, 0.1) is 4.88 Å². The van der Waals surface area contributed by atoms with E-state index in [9.17, 15) is 4.79 Å². The SMILES string of the molecule is CC1CNCCC1NC(=O)c1cc2c(s1)CCCC2. The van der Waals surface area contributed by atoms with Gasteiger partial charge < -0.3 is 10.6 Å². The second-order valence-corrected chi connectivity index (χ2v) is 6.95. The molecule has 2 N–H and O–H groups in total. The van der Waals surface area contributed by atoms with Crippen LogP contribution in [0.25, 0.3) is 0 Å². The molecule has 1 fully saturated rings. The fourth-order valence-electron chi connectivity index (χ4n) is 3.07. The maximum absolute atomic E-state index is 12.4. The van der Waals surface area contributed by atoms with Gasteiger partial charge in [-0.2, -0.15) is 0 Å². The van der Waals surface area contributed by atoms with Crippen molar-refractivity contribution in [3.05, 3.63) is 21.4 Å². The zero-order valence-corrected chi connectivity index (χ0v) is 12.3. The lowest BCUT2D eigenvalue weighted by atomic mass is 9.95. The molecule has 2 aliphatic rings. The van der Waals surface area contributed by atoms with Gasteiger partial charge in [0.2, 0.25) is 0 Å². The summed E-state index contributed by atoms with van der Waals surface area (Å²) >= 11 is 1.71. The van der Waals surface area contributed by atoms with Crippen LogP contribution in [0.4, 0.5) is 0 Å². The number of carbonyl (C=O) groups is 1. The summed E-state index contributed by atoms with van der Waals surface area (Å²) in [6.45, 7) is 4.22. The first-order valence-electron chi connectivity index (χ1n) is 7.37. The van der Waals surface area contributed by atoms with E-state index in [4.69, 9.17) is 0 Å². The van der Waals surface area contributed by atoms with Crippen molar-refractivity contribution in [2.24, 2.45) is 5.92 Å². The fourth-order valence-corrected chi connectivity index (χ4v) is 4.23. The molecule has 0 saturated carbocycles. The molecule has 1 amide bonds. The van der Waals surface area contributed by atoms with Crippen LogP contribution in [0.1, 0.15) is 46.3 Å². The summed E-state index contributed by atoms with van der Waals surface area (Å²) in [5.74, 6) is 0.658. The van der Waals surface area contributed by atoms with Crippen molar-refractivity contribution in [2.45, 2.75) is 45.1 Å². The highest BCUT2D eigenvalue weighted by Crippen LogP contribution is 2.29. The van der Waals surface area contributed by atoms with Crippen molar-refractivity contribution in [3.8, 4) is 0 Å². The van der Waals surface area contributed by atoms with E-state index in [1.807, 2.05) is 0 Å². The van der Waals surface area contributed by atoms with Crippen molar-refractivity contribution < 1.29 is 4.79 Å². The molecular weight excluding hydrogens is 256 g/mol. The van der Waals surface area contributed by atoms with Crippen molar-refractivity contribution in [1.29, 1.82) is 0 Å². The van der Waals surface area contributed by atoms with Crippen LogP contribution in [0.5, 0.6) is 0 Å². The van der Waals surface area contributed by atoms with Crippen LogP contribution >= 0.6 is 11.3 Å². The largest absolute Gasteiger partial charge is 0.348 e. The van der Waals surface area contributed by atoms with Crippen LogP contribution < -0.4 is 10.6 Å². The molecule has 1 aromatic heterocycles. The Morgan fingerprint density at radius 3 is 3.05 bits per heavy atom. The van der Waals surface area contributed by atoms with Gasteiger partial charge in [0.1, 0.15) is 0 Å². The van der Waals surface area contributed by atoms with Gasteiger partial charge in [0.15, 0.2) is 0 Å². The Morgan fingerprint density at radius 2 is 2.26 bits per heavy atom. The minimum absolute atomic E-state index is 0.137. The Kier molecular flexibility index (Phi) is 3.89. The maximum atomic E-state index is 12.4. The van der Waals surface area contributed by atoms with E-state index < -0.39 is 0 Å². The Hall–Kier alpha value is -0.870. The number of hydrogen-bond acceptors (Lipinski definition) is 3. The lowest BCUT2D eigenvalue weighted by Crippen LogP contribution is -2.48. The van der Waals surface area contributed by atoms with E-state index in [0.29, 0.717) is 12.0 Å². The lowest BCUT2D eigenvalue weighted by Gasteiger charge is -2.30. The molecule has 2 heterocycles. The van der Waals surface area contributed by atoms with E-state index in [0.717, 1.165) is 37.2 Å². The zero-order valence-electron chi connectivity index (χ0n) is 11.5. The summed E-state index contributed by atoms with van der Waals surface area (Å²) in [7, 11) is 0. The van der Waals surface area contributed by atoms with Crippen molar-refractivity contribution in [1.82, 2.24) is 10.6 Å². The van der Waals surface area contributed by atoms with Crippen LogP contribution in [0.15, 0.2) is 6.07 Å². The van der Waals surface area contributed by atoms with Crippen LogP contribution in [-0.2, 0) is 12.8 Å². The van der Waals surface area contributed by atoms with Gasteiger partial charge >= 0.3 is 0 Å². The van der Waals surface area contributed by atoms with Gasteiger partial charge in [-0.15, -0.1) is 11.3 Å². The molecule has 2 unspecified atom stereocenters. The van der Waals surface area contributed by atoms with Crippen LogP contribution in [0.2, 0.25) is 0 Å². The van der Waals surface area contributed by atoms with Crippen molar-refractivity contribution in [2.75, 3.05) is 13.1 Å². The van der Waals surface area contributed by atoms with Crippen LogP contribution in [0.3, 0.4) is 0 Å². The monoisotopic (exact) mass is 278 g/mol. The summed E-state index contributed by atoms with van der Waals surface area (Å²) in [6, 6.07) is 2.45. The first-order valence-corrected chi connectivity index (χ1v) is 8.19. The number of amides is 1. The van der Waals surface area contributed by atoms with Gasteiger partial charge in [-0.3, -0.25) is 4.79 Å². The minimum Gasteiger partial charge on any atom is -0.348 e. The summed E-state index contributed by atoms with van der Waals surface area (Å²) in [5, 5.41) is 6.59. The molecule has 2 atom stereocenters. The second-order valence-electron chi connectivity index (χ2n) is 5.82. The standard InChI is InChI=1S/C15H22N2OS/c1-10-9-16-7-6-12(10)17-15(18)14-8-11-4-2-3-5-13(11)19-14/h8,10,12,16H,2-7,9H2,1H3,(H,17,18). The number of thiophene rings is 1. The predicted octanol–water partition coefficient (Wildman–Crippen LogP) is 2.35. The number of nitrogens with one attached hydrogen (secondary N) is 2. The Balaban J connectivity index is 1.68. The normalized spacial score (nSPS) is 26.8. The number of rotatable bonds is 2. The summed E-state index contributed by atoms with van der Waals surface area (Å²) in [5.41, 5.74) is 1.42. The summed E-state index contributed by atoms with van der Waals surface area (Å²) in [6.07, 6.45) is 5.91. The molecule has 1 aliphatic heterocycles. The molecule has 0 aromatic carbocycles. The molecular formula is C15H22N2OS. The molecule has 0 radical (unpaired) electrons. The molecule has 1 saturated heterocycles. The Labute approximate surface area is 118 Å². The molecule has 19 heavy (non-hydrogen) atoms. The van der Waals surface area contributed by atoms with Crippen molar-refractivity contribution in [3.63, 3.8) is 0 Å². The van der Waals surface area contributed by atoms with Gasteiger partial charge in [0.25, 0.3) is 5.91 Å². The van der Waals surface area contributed by atoms with Gasteiger partial charge in [-0.05, 0) is 62.7 Å². The second kappa shape index (κ2) is 5.63. The van der Waals surface area contributed by atoms with E-state index in [1.165, 1.54) is 23.3 Å². The molecule has 3 nitrogen and oxygen atoms in total. The summed E-state index contributed by atoms with van der Waals surface area (Å²) in [4.78, 5) is 14.7. The van der Waals surface area contributed by atoms with E-state index in [-0.39, 0.29) is 5.91 Å². The predicted molar refractivity (Wildman–Crippen MR) is 78.9 cm³/mol. The van der Waals surface area contributed by atoms with Gasteiger partial charge in [0, 0.05) is 10.9 Å². The third kappa shape index (κ3) is 2.84. The van der Waals surface area contributed by atoms with Crippen LogP contribution in [0, 0.1) is 5.92 Å². The van der Waals surface area contributed by atoms with E-state index in [2.05, 4.69) is 23.6 Å². The Morgan fingerprint density at radius 1 is 1.42 bits per heavy atom. The molecule has 3 rings (SSSR count). The van der Waals surface area contributed by atoms with Gasteiger partial charge in [-0.1, -0.05) is 6.92 Å². The average Bonchev–Trinajstić information content (AvgIpc) is 2.85. The number of aryl methyl sites for hydroxylation is 2. The number of fused-ring (bicyclic) bond motifs is 1. The molecule has 104 valence electrons. The highest BCUT2D eigenvalue weighted by Gasteiger charge is 2.24. The minimum atomic E-state index is 0.137. The smallest absolute Gasteiger partial charge is 0.261 e. The highest BCUT2D eigenvalue weighted by atomic mass is 32.1. The van der Waals surface area contributed by atoms with Gasteiger partial charge in [-0.25, -0.2) is 0 Å². The quantitative estimate of drug-likeness (QED) is 0.872. The first-order chi connectivity index (χ1) is 9.24. The fraction of sp³-hybridized carbons (Fsp3) is 0.667. The third-order valence-corrected chi connectivity index (χ3v) is 5.56. The lowest BCUT2D eigenvalue weighted by molar-refractivity contribution is 0.0918. The van der Waals surface area contributed by atoms with Crippen LogP contribution in [-0.4, -0.2) is 25.0 Å². The molecule has 1 aromatic rings. The maximum Gasteiger partial charge on any atom is 0.261 e. The molecule has 0 bridgehead atoms. The number of carbonyl (C=O) groups excluding carboxylic acids is 1. The number of piperidine rings is 1. The Bertz CT molecular complexity index is 445. The third-order valence-electron chi connectivity index (χ3n) is 4.32. The molecule has 4 heteroatoms. The average molecular weight is 278 g/mol. The number of hydrogen-bond donors (Lipinski definition) is 2. The zero-order chi connectivity index (χ0) is 13.2. The molecule has 0 spiro atoms. The first kappa shape index (κ1) is 13.1. The summed E-state index contributed by atoms with van der Waals surface area (Å²) < 4.78 is 0. The van der Waals surface area contributed by atoms with Crippen molar-refractivity contribution >= 4 is 17.2 Å². The van der Waals surface area contributed by atoms with E-state index in [1.54, 1.807) is 11.3 Å². The van der Waals surface area contributed by atoms with E-state index >= 15 is 0 Å². The topological polar surface area (TPSA) is 41.1 Å².